The Balaban J connectivity index is 1.49. The van der Waals surface area contributed by atoms with Crippen molar-refractivity contribution < 1.29 is 14.0 Å². The lowest BCUT2D eigenvalue weighted by Gasteiger charge is -1.98. The molecule has 1 aliphatic carbocycles. The zero-order valence-corrected chi connectivity index (χ0v) is 17.2. The maximum absolute atomic E-state index is 12.7. The van der Waals surface area contributed by atoms with Gasteiger partial charge in [0.1, 0.15) is 10.8 Å². The number of carbonyl (C=O) groups is 2. The second-order valence-corrected chi connectivity index (χ2v) is 8.40. The summed E-state index contributed by atoms with van der Waals surface area (Å²) in [7, 11) is 0. The maximum atomic E-state index is 12.7. The first kappa shape index (κ1) is 18.8. The highest BCUT2D eigenvalue weighted by Crippen LogP contribution is 2.36. The van der Waals surface area contributed by atoms with Crippen molar-refractivity contribution in [2.45, 2.75) is 0 Å². The van der Waals surface area contributed by atoms with Crippen LogP contribution in [0.25, 0.3) is 32.7 Å². The van der Waals surface area contributed by atoms with Crippen LogP contribution in [0.3, 0.4) is 0 Å². The minimum absolute atomic E-state index is 0.0229. The summed E-state index contributed by atoms with van der Waals surface area (Å²) in [5, 5.41) is 0.934. The Labute approximate surface area is 184 Å². The molecule has 5 rings (SSSR count). The van der Waals surface area contributed by atoms with Crippen molar-refractivity contribution in [2.75, 3.05) is 0 Å². The Morgan fingerprint density at radius 1 is 1.00 bits per heavy atom. The highest BCUT2D eigenvalue weighted by atomic mass is 35.5. The summed E-state index contributed by atoms with van der Waals surface area (Å²) < 4.78 is 6.59. The number of allylic oxidation sites excluding steroid dienone is 1. The van der Waals surface area contributed by atoms with Crippen LogP contribution in [0.4, 0.5) is 5.69 Å². The van der Waals surface area contributed by atoms with Gasteiger partial charge in [0.2, 0.25) is 5.71 Å². The summed E-state index contributed by atoms with van der Waals surface area (Å²) in [5.74, 6) is -0.175. The van der Waals surface area contributed by atoms with Crippen LogP contribution < -0.4 is 0 Å². The minimum atomic E-state index is -0.402. The van der Waals surface area contributed by atoms with E-state index in [1.807, 2.05) is 18.2 Å². The predicted octanol–water partition coefficient (Wildman–Crippen LogP) is 6.88. The molecule has 0 saturated carbocycles. The number of carbonyl (C=O) groups excluding carboxylic acids is 2. The lowest BCUT2D eigenvalue weighted by molar-refractivity contribution is 0.0990. The number of furan rings is 1. The zero-order valence-electron chi connectivity index (χ0n) is 14.9. The van der Waals surface area contributed by atoms with Gasteiger partial charge in [0.15, 0.2) is 17.3 Å². The van der Waals surface area contributed by atoms with E-state index in [0.29, 0.717) is 22.2 Å². The van der Waals surface area contributed by atoms with Crippen LogP contribution in [0.15, 0.2) is 52.5 Å². The van der Waals surface area contributed by atoms with Gasteiger partial charge in [-0.3, -0.25) is 9.59 Å². The molecule has 5 nitrogen and oxygen atoms in total. The van der Waals surface area contributed by atoms with Crippen LogP contribution >= 0.6 is 34.5 Å². The molecule has 0 fully saturated rings. The van der Waals surface area contributed by atoms with E-state index in [4.69, 9.17) is 34.2 Å². The van der Waals surface area contributed by atoms with Crippen molar-refractivity contribution in [3.8, 4) is 11.3 Å². The Kier molecular flexibility index (Phi) is 4.33. The number of hydrogen-bond donors (Lipinski definition) is 0. The van der Waals surface area contributed by atoms with E-state index < -0.39 is 11.6 Å². The van der Waals surface area contributed by atoms with Crippen LogP contribution in [-0.2, 0) is 0 Å². The van der Waals surface area contributed by atoms with Crippen molar-refractivity contribution in [2.24, 2.45) is 0 Å². The quantitative estimate of drug-likeness (QED) is 0.189. The van der Waals surface area contributed by atoms with Gasteiger partial charge in [-0.25, -0.2) is 9.83 Å². The van der Waals surface area contributed by atoms with Crippen molar-refractivity contribution in [1.82, 2.24) is 4.98 Å². The molecular formula is C22H8Cl2N2O3S. The van der Waals surface area contributed by atoms with Gasteiger partial charge in [-0.2, -0.15) is 0 Å². The third-order valence-corrected chi connectivity index (χ3v) is 6.35. The summed E-state index contributed by atoms with van der Waals surface area (Å²) in [5.41, 5.74) is 2.30. The number of nitrogens with zero attached hydrogens (tertiary/aromatic N) is 2. The number of halogens is 2. The predicted molar refractivity (Wildman–Crippen MR) is 117 cm³/mol. The average Bonchev–Trinajstić information content (AvgIpc) is 3.37. The summed E-state index contributed by atoms with van der Waals surface area (Å²) in [4.78, 5) is 33.1. The third kappa shape index (κ3) is 2.96. The fourth-order valence-electron chi connectivity index (χ4n) is 3.23. The Hall–Kier alpha value is -3.24. The lowest BCUT2D eigenvalue weighted by atomic mass is 10.1. The molecule has 0 spiro atoms. The third-order valence-electron chi connectivity index (χ3n) is 4.69. The van der Waals surface area contributed by atoms with E-state index in [9.17, 15) is 9.59 Å². The second kappa shape index (κ2) is 6.92. The van der Waals surface area contributed by atoms with E-state index >= 15 is 0 Å². The van der Waals surface area contributed by atoms with E-state index in [-0.39, 0.29) is 26.7 Å². The van der Waals surface area contributed by atoms with Gasteiger partial charge in [0.05, 0.1) is 26.9 Å². The second-order valence-electron chi connectivity index (χ2n) is 6.52. The smallest absolute Gasteiger partial charge is 0.238 e. The van der Waals surface area contributed by atoms with Crippen LogP contribution in [-0.4, -0.2) is 16.6 Å². The molecule has 0 radical (unpaired) electrons. The molecular weight excluding hydrogens is 443 g/mol. The molecule has 0 aliphatic heterocycles. The van der Waals surface area contributed by atoms with Gasteiger partial charge in [0, 0.05) is 22.8 Å². The molecule has 2 aromatic heterocycles. The number of ketones is 2. The van der Waals surface area contributed by atoms with Gasteiger partial charge >= 0.3 is 0 Å². The number of hydrogen-bond acceptors (Lipinski definition) is 5. The highest BCUT2D eigenvalue weighted by Gasteiger charge is 2.34. The fraction of sp³-hybridized carbons (Fsp3) is 0. The average molecular weight is 451 g/mol. The normalized spacial score (nSPS) is 13.0. The fourth-order valence-corrected chi connectivity index (χ4v) is 4.42. The number of aromatic nitrogens is 1. The molecule has 4 aromatic rings. The Morgan fingerprint density at radius 3 is 2.20 bits per heavy atom. The van der Waals surface area contributed by atoms with Crippen molar-refractivity contribution in [1.29, 1.82) is 0 Å². The van der Waals surface area contributed by atoms with E-state index in [1.165, 1.54) is 29.5 Å². The van der Waals surface area contributed by atoms with Crippen LogP contribution in [0, 0.1) is 6.57 Å². The molecule has 2 heterocycles. The van der Waals surface area contributed by atoms with E-state index in [1.54, 1.807) is 12.1 Å². The van der Waals surface area contributed by atoms with E-state index in [2.05, 4.69) is 9.83 Å². The van der Waals surface area contributed by atoms with Gasteiger partial charge in [-0.15, -0.1) is 11.3 Å². The van der Waals surface area contributed by atoms with Crippen LogP contribution in [0.1, 0.15) is 25.7 Å². The summed E-state index contributed by atoms with van der Waals surface area (Å²) in [6, 6.07) is 11.7. The highest BCUT2D eigenvalue weighted by molar-refractivity contribution is 7.19. The molecule has 30 heavy (non-hydrogen) atoms. The number of benzene rings is 2. The van der Waals surface area contributed by atoms with Crippen molar-refractivity contribution in [3.63, 3.8) is 0 Å². The monoisotopic (exact) mass is 450 g/mol. The number of rotatable bonds is 2. The molecule has 2 aromatic carbocycles. The van der Waals surface area contributed by atoms with Gasteiger partial charge in [-0.05, 0) is 18.2 Å². The first-order valence-electron chi connectivity index (χ1n) is 8.63. The summed E-state index contributed by atoms with van der Waals surface area (Å²) in [6.07, 6.45) is 1.47. The first-order chi connectivity index (χ1) is 14.4. The molecule has 8 heteroatoms. The van der Waals surface area contributed by atoms with Crippen LogP contribution in [0.2, 0.25) is 10.0 Å². The zero-order chi connectivity index (χ0) is 21.0. The lowest BCUT2D eigenvalue weighted by Crippen LogP contribution is -2.00. The number of fused-ring (bicyclic) bond motifs is 2. The minimum Gasteiger partial charge on any atom is -0.437 e. The van der Waals surface area contributed by atoms with Crippen molar-refractivity contribution >= 4 is 68.3 Å². The largest absolute Gasteiger partial charge is 0.437 e. The van der Waals surface area contributed by atoms with Crippen LogP contribution in [0.5, 0.6) is 0 Å². The standard InChI is InChI=1S/C22H8Cl2N2O3S/c1-25-11-4-2-10(3-5-11)17-9-18-22(29-17)26-19(30-18)8-14-20(27)12-6-15(23)16(24)7-13(12)21(14)28/h2-9H. The molecule has 0 saturated heterocycles. The van der Waals surface area contributed by atoms with E-state index in [0.717, 1.165) is 10.3 Å². The van der Waals surface area contributed by atoms with Gasteiger partial charge in [0.25, 0.3) is 0 Å². The molecule has 144 valence electrons. The molecule has 0 unspecified atom stereocenters. The Morgan fingerprint density at radius 2 is 1.63 bits per heavy atom. The molecule has 0 amide bonds. The SMILES string of the molecule is [C-]#[N+]c1ccc(-c2cc3sc(C=C4C(=O)c5cc(Cl)c(Cl)cc5C4=O)nc3o2)cc1. The maximum Gasteiger partial charge on any atom is 0.238 e. The first-order valence-corrected chi connectivity index (χ1v) is 10.2. The summed E-state index contributed by atoms with van der Waals surface area (Å²) >= 11 is 13.3. The molecule has 0 atom stereocenters. The van der Waals surface area contributed by atoms with Crippen molar-refractivity contribution in [3.05, 3.63) is 85.6 Å². The van der Waals surface area contributed by atoms with Gasteiger partial charge in [-0.1, -0.05) is 47.5 Å². The molecule has 0 N–H and O–H groups in total. The summed E-state index contributed by atoms with van der Waals surface area (Å²) in [6.45, 7) is 7.02. The number of Topliss-reactive ketones (excluding diaryl/α,β-unsaturated/α-hetero) is 2. The Bertz CT molecular complexity index is 1380. The molecule has 0 bridgehead atoms. The van der Waals surface area contributed by atoms with Gasteiger partial charge < -0.3 is 4.42 Å². The number of thiazole rings is 1. The topological polar surface area (TPSA) is 64.5 Å². The molecule has 1 aliphatic rings.